The van der Waals surface area contributed by atoms with Crippen LogP contribution in [0.2, 0.25) is 0 Å². The first-order valence-corrected chi connectivity index (χ1v) is 10.4. The van der Waals surface area contributed by atoms with Gasteiger partial charge in [-0.2, -0.15) is 11.8 Å². The van der Waals surface area contributed by atoms with Crippen LogP contribution in [0.4, 0.5) is 0 Å². The van der Waals surface area contributed by atoms with Crippen LogP contribution >= 0.6 is 11.8 Å². The highest BCUT2D eigenvalue weighted by atomic mass is 32.2. The molecule has 0 N–H and O–H groups in total. The summed E-state index contributed by atoms with van der Waals surface area (Å²) in [5.74, 6) is 3.03. The van der Waals surface area contributed by atoms with E-state index in [1.165, 1.54) is 30.8 Å². The number of carbonyl (C=O) groups excluding carboxylic acids is 1. The Hall–Kier alpha value is -0.480. The molecule has 23 heavy (non-hydrogen) atoms. The number of fused-ring (bicyclic) bond motifs is 2. The van der Waals surface area contributed by atoms with E-state index in [0.29, 0.717) is 11.3 Å². The van der Waals surface area contributed by atoms with E-state index >= 15 is 0 Å². The molecule has 0 radical (unpaired) electrons. The minimum Gasteiger partial charge on any atom is -0.462 e. The molecule has 4 heteroatoms. The Kier molecular flexibility index (Phi) is 4.25. The largest absolute Gasteiger partial charge is 0.462 e. The fourth-order valence-electron chi connectivity index (χ4n) is 5.38. The van der Waals surface area contributed by atoms with Crippen molar-refractivity contribution in [3.05, 3.63) is 11.1 Å². The van der Waals surface area contributed by atoms with Crippen LogP contribution in [-0.4, -0.2) is 48.1 Å². The lowest BCUT2D eigenvalue weighted by Crippen LogP contribution is -2.43. The first-order valence-electron chi connectivity index (χ1n) is 9.26. The molecule has 0 unspecified atom stereocenters. The van der Waals surface area contributed by atoms with Gasteiger partial charge in [-0.1, -0.05) is 18.1 Å². The van der Waals surface area contributed by atoms with E-state index in [9.17, 15) is 4.79 Å². The highest BCUT2D eigenvalue weighted by Crippen LogP contribution is 2.55. The third-order valence-corrected chi connectivity index (χ3v) is 7.68. The van der Waals surface area contributed by atoms with Crippen LogP contribution in [0.5, 0.6) is 0 Å². The number of hydrogen-bond acceptors (Lipinski definition) is 4. The van der Waals surface area contributed by atoms with Gasteiger partial charge in [-0.05, 0) is 44.4 Å². The van der Waals surface area contributed by atoms with Crippen LogP contribution in [0.1, 0.15) is 46.0 Å². The first-order chi connectivity index (χ1) is 11.1. The van der Waals surface area contributed by atoms with E-state index in [1.807, 2.05) is 11.8 Å². The summed E-state index contributed by atoms with van der Waals surface area (Å²) in [4.78, 5) is 15.0. The zero-order chi connectivity index (χ0) is 16.0. The van der Waals surface area contributed by atoms with Gasteiger partial charge in [0.15, 0.2) is 0 Å². The maximum atomic E-state index is 12.5. The molecule has 0 amide bonds. The summed E-state index contributed by atoms with van der Waals surface area (Å²) in [5, 5.41) is 0. The number of ether oxygens (including phenoxy) is 1. The monoisotopic (exact) mass is 335 g/mol. The Morgan fingerprint density at radius 3 is 2.91 bits per heavy atom. The lowest BCUT2D eigenvalue weighted by Gasteiger charge is -2.46. The topological polar surface area (TPSA) is 29.5 Å². The predicted molar refractivity (Wildman–Crippen MR) is 94.5 cm³/mol. The minimum atomic E-state index is 0.0822. The van der Waals surface area contributed by atoms with Crippen molar-refractivity contribution in [2.24, 2.45) is 17.3 Å². The maximum absolute atomic E-state index is 12.5. The van der Waals surface area contributed by atoms with Gasteiger partial charge in [0.1, 0.15) is 6.10 Å². The number of hydrogen-bond donors (Lipinski definition) is 0. The molecule has 0 aromatic rings. The van der Waals surface area contributed by atoms with Crippen molar-refractivity contribution in [2.45, 2.75) is 52.1 Å². The van der Waals surface area contributed by atoms with Gasteiger partial charge in [-0.25, -0.2) is 0 Å². The van der Waals surface area contributed by atoms with E-state index in [4.69, 9.17) is 4.74 Å². The van der Waals surface area contributed by atoms with Gasteiger partial charge < -0.3 is 9.64 Å². The fourth-order valence-corrected chi connectivity index (χ4v) is 6.36. The molecule has 4 atom stereocenters. The van der Waals surface area contributed by atoms with Crippen molar-refractivity contribution in [2.75, 3.05) is 31.1 Å². The normalized spacial score (nSPS) is 41.5. The smallest absolute Gasteiger partial charge is 0.310 e. The Labute approximate surface area is 144 Å². The standard InChI is InChI=1S/C19H29NO2S/c1-13-4-3-5-19(2)11-17-14(10-16(13)19)15(18(21)22-17)12-20-6-8-23-9-7-20/h14-15,17H,3-12H2,1-2H3/t14-,15+,17-,19+/m1/s1. The van der Waals surface area contributed by atoms with Crippen LogP contribution in [-0.2, 0) is 9.53 Å². The van der Waals surface area contributed by atoms with Crippen molar-refractivity contribution >= 4 is 17.7 Å². The van der Waals surface area contributed by atoms with Crippen LogP contribution in [0.3, 0.4) is 0 Å². The minimum absolute atomic E-state index is 0.0822. The van der Waals surface area contributed by atoms with E-state index < -0.39 is 0 Å². The molecule has 0 bridgehead atoms. The lowest BCUT2D eigenvalue weighted by atomic mass is 9.59. The molecular formula is C19H29NO2S. The summed E-state index contributed by atoms with van der Waals surface area (Å²) >= 11 is 2.03. The molecule has 0 aromatic heterocycles. The zero-order valence-corrected chi connectivity index (χ0v) is 15.3. The number of rotatable bonds is 2. The zero-order valence-electron chi connectivity index (χ0n) is 14.5. The number of allylic oxidation sites excluding steroid dienone is 2. The molecule has 0 aromatic carbocycles. The van der Waals surface area contributed by atoms with E-state index in [2.05, 4.69) is 18.7 Å². The molecule has 3 fully saturated rings. The number of nitrogens with zero attached hydrogens (tertiary/aromatic N) is 1. The molecule has 2 aliphatic heterocycles. The summed E-state index contributed by atoms with van der Waals surface area (Å²) in [6, 6.07) is 0. The second-order valence-electron chi connectivity index (χ2n) is 8.24. The predicted octanol–water partition coefficient (Wildman–Crippen LogP) is 3.49. The molecule has 1 saturated carbocycles. The average Bonchev–Trinajstić information content (AvgIpc) is 2.81. The SMILES string of the molecule is CC1=C2C[C@@H]3[C@H](CN4CCSCC4)C(=O)O[C@@H]3C[C@]2(C)CCC1. The number of thioether (sulfide) groups is 1. The van der Waals surface area contributed by atoms with Gasteiger partial charge >= 0.3 is 5.97 Å². The molecular weight excluding hydrogens is 306 g/mol. The summed E-state index contributed by atoms with van der Waals surface area (Å²) in [5.41, 5.74) is 3.56. The first kappa shape index (κ1) is 16.0. The molecule has 128 valence electrons. The van der Waals surface area contributed by atoms with Gasteiger partial charge in [0.25, 0.3) is 0 Å². The summed E-state index contributed by atoms with van der Waals surface area (Å²) in [6.07, 6.45) is 6.16. The molecule has 0 spiro atoms. The van der Waals surface area contributed by atoms with Crippen molar-refractivity contribution < 1.29 is 9.53 Å². The summed E-state index contributed by atoms with van der Waals surface area (Å²) in [7, 11) is 0. The third-order valence-electron chi connectivity index (χ3n) is 6.74. The van der Waals surface area contributed by atoms with Crippen molar-refractivity contribution in [3.63, 3.8) is 0 Å². The highest BCUT2D eigenvalue weighted by molar-refractivity contribution is 7.99. The Morgan fingerprint density at radius 2 is 2.13 bits per heavy atom. The van der Waals surface area contributed by atoms with E-state index in [1.54, 1.807) is 11.1 Å². The maximum Gasteiger partial charge on any atom is 0.310 e. The second kappa shape index (κ2) is 6.11. The van der Waals surface area contributed by atoms with Crippen LogP contribution in [0.25, 0.3) is 0 Å². The lowest BCUT2D eigenvalue weighted by molar-refractivity contribution is -0.145. The highest BCUT2D eigenvalue weighted by Gasteiger charge is 2.53. The van der Waals surface area contributed by atoms with Crippen molar-refractivity contribution in [3.8, 4) is 0 Å². The van der Waals surface area contributed by atoms with Crippen LogP contribution in [0, 0.1) is 17.3 Å². The van der Waals surface area contributed by atoms with Gasteiger partial charge in [0, 0.05) is 37.1 Å². The quantitative estimate of drug-likeness (QED) is 0.571. The van der Waals surface area contributed by atoms with E-state index in [-0.39, 0.29) is 18.0 Å². The Balaban J connectivity index is 1.54. The van der Waals surface area contributed by atoms with E-state index in [0.717, 1.165) is 32.5 Å². The molecule has 4 aliphatic rings. The summed E-state index contributed by atoms with van der Waals surface area (Å²) in [6.45, 7) is 7.91. The Morgan fingerprint density at radius 1 is 1.35 bits per heavy atom. The average molecular weight is 336 g/mol. The number of carbonyl (C=O) groups is 1. The fraction of sp³-hybridized carbons (Fsp3) is 0.842. The summed E-state index contributed by atoms with van der Waals surface area (Å²) < 4.78 is 5.88. The number of esters is 1. The molecule has 2 aliphatic carbocycles. The molecule has 2 heterocycles. The van der Waals surface area contributed by atoms with Crippen molar-refractivity contribution in [1.29, 1.82) is 0 Å². The molecule has 3 nitrogen and oxygen atoms in total. The van der Waals surface area contributed by atoms with Crippen molar-refractivity contribution in [1.82, 2.24) is 4.90 Å². The van der Waals surface area contributed by atoms with Gasteiger partial charge in [0.05, 0.1) is 5.92 Å². The van der Waals surface area contributed by atoms with Gasteiger partial charge in [0.2, 0.25) is 0 Å². The molecule has 4 rings (SSSR count). The molecule has 2 saturated heterocycles. The Bertz CT molecular complexity index is 525. The van der Waals surface area contributed by atoms with Gasteiger partial charge in [-0.15, -0.1) is 0 Å². The van der Waals surface area contributed by atoms with Crippen LogP contribution < -0.4 is 0 Å². The van der Waals surface area contributed by atoms with Crippen LogP contribution in [0.15, 0.2) is 11.1 Å². The second-order valence-corrected chi connectivity index (χ2v) is 9.46. The third kappa shape index (κ3) is 2.86. The van der Waals surface area contributed by atoms with Gasteiger partial charge in [-0.3, -0.25) is 4.79 Å².